The van der Waals surface area contributed by atoms with E-state index in [2.05, 4.69) is 60.2 Å². The Bertz CT molecular complexity index is 531. The number of aryl methyl sites for hydroxylation is 1. The molecule has 0 fully saturated rings. The molecule has 0 aliphatic carbocycles. The van der Waals surface area contributed by atoms with Crippen LogP contribution in [0, 0.1) is 6.92 Å². The maximum atomic E-state index is 5.84. The summed E-state index contributed by atoms with van der Waals surface area (Å²) in [5, 5.41) is 3.35. The summed E-state index contributed by atoms with van der Waals surface area (Å²) in [6.45, 7) is 7.11. The summed E-state index contributed by atoms with van der Waals surface area (Å²) in [5.74, 6) is 1.89. The van der Waals surface area contributed by atoms with E-state index in [-0.39, 0.29) is 0 Å². The van der Waals surface area contributed by atoms with Gasteiger partial charge < -0.3 is 9.73 Å². The highest BCUT2D eigenvalue weighted by Crippen LogP contribution is 2.26. The maximum absolute atomic E-state index is 5.84. The smallest absolute Gasteiger partial charge is 0.134 e. The molecule has 18 heavy (non-hydrogen) atoms. The molecule has 0 spiro atoms. The summed E-state index contributed by atoms with van der Waals surface area (Å²) in [5.41, 5.74) is 2.33. The van der Waals surface area contributed by atoms with Crippen molar-refractivity contribution in [2.24, 2.45) is 0 Å². The van der Waals surface area contributed by atoms with Gasteiger partial charge in [0.15, 0.2) is 0 Å². The van der Waals surface area contributed by atoms with E-state index in [9.17, 15) is 0 Å². The Labute approximate surface area is 117 Å². The number of hydrogen-bond acceptors (Lipinski definition) is 2. The van der Waals surface area contributed by atoms with E-state index in [1.165, 1.54) is 5.56 Å². The summed E-state index contributed by atoms with van der Waals surface area (Å²) in [6, 6.07) is 10.8. The van der Waals surface area contributed by atoms with Gasteiger partial charge in [-0.25, -0.2) is 0 Å². The third-order valence-electron chi connectivity index (χ3n) is 2.79. The lowest BCUT2D eigenvalue weighted by molar-refractivity contribution is 0.473. The third kappa shape index (κ3) is 3.24. The second-order valence-corrected chi connectivity index (χ2v) is 5.62. The van der Waals surface area contributed by atoms with Crippen LogP contribution in [0.25, 0.3) is 11.3 Å². The fraction of sp³-hybridized carbons (Fsp3) is 0.333. The fourth-order valence-corrected chi connectivity index (χ4v) is 1.98. The van der Waals surface area contributed by atoms with Gasteiger partial charge in [-0.15, -0.1) is 0 Å². The molecule has 2 aromatic rings. The second-order valence-electron chi connectivity index (χ2n) is 4.77. The highest BCUT2D eigenvalue weighted by Gasteiger charge is 2.06. The van der Waals surface area contributed by atoms with Crippen LogP contribution in [0.1, 0.15) is 25.2 Å². The van der Waals surface area contributed by atoms with Gasteiger partial charge in [-0.3, -0.25) is 0 Å². The molecule has 0 amide bonds. The predicted molar refractivity (Wildman–Crippen MR) is 78.6 cm³/mol. The van der Waals surface area contributed by atoms with Crippen molar-refractivity contribution in [1.82, 2.24) is 5.32 Å². The van der Waals surface area contributed by atoms with E-state index in [1.54, 1.807) is 0 Å². The molecule has 0 aliphatic rings. The van der Waals surface area contributed by atoms with Crippen LogP contribution in [-0.2, 0) is 6.54 Å². The average Bonchev–Trinajstić information content (AvgIpc) is 2.79. The van der Waals surface area contributed by atoms with E-state index >= 15 is 0 Å². The monoisotopic (exact) mass is 307 g/mol. The van der Waals surface area contributed by atoms with E-state index < -0.39 is 0 Å². The SMILES string of the molecule is Cc1cc(-c2ccc(CNC(C)C)o2)ccc1Br. The number of halogens is 1. The van der Waals surface area contributed by atoms with Gasteiger partial charge >= 0.3 is 0 Å². The first kappa shape index (κ1) is 13.4. The molecule has 0 saturated carbocycles. The second kappa shape index (κ2) is 5.72. The van der Waals surface area contributed by atoms with Gasteiger partial charge in [0.05, 0.1) is 6.54 Å². The first-order chi connectivity index (χ1) is 8.56. The van der Waals surface area contributed by atoms with Crippen LogP contribution in [-0.4, -0.2) is 6.04 Å². The molecule has 0 saturated heterocycles. The van der Waals surface area contributed by atoms with Gasteiger partial charge in [-0.05, 0) is 36.8 Å². The van der Waals surface area contributed by atoms with Crippen LogP contribution >= 0.6 is 15.9 Å². The molecule has 0 unspecified atom stereocenters. The molecular weight excluding hydrogens is 290 g/mol. The van der Waals surface area contributed by atoms with Crippen molar-refractivity contribution >= 4 is 15.9 Å². The normalized spacial score (nSPS) is 11.2. The van der Waals surface area contributed by atoms with Gasteiger partial charge in [0.2, 0.25) is 0 Å². The lowest BCUT2D eigenvalue weighted by atomic mass is 10.1. The van der Waals surface area contributed by atoms with Crippen LogP contribution in [0.2, 0.25) is 0 Å². The first-order valence-corrected chi connectivity index (χ1v) is 6.94. The van der Waals surface area contributed by atoms with E-state index in [4.69, 9.17) is 4.42 Å². The van der Waals surface area contributed by atoms with Crippen LogP contribution in [0.15, 0.2) is 39.2 Å². The number of nitrogens with one attached hydrogen (secondary N) is 1. The topological polar surface area (TPSA) is 25.2 Å². The minimum atomic E-state index is 0.466. The molecule has 2 rings (SSSR count). The largest absolute Gasteiger partial charge is 0.460 e. The minimum absolute atomic E-state index is 0.466. The number of rotatable bonds is 4. The molecule has 0 bridgehead atoms. The molecule has 0 atom stereocenters. The molecule has 96 valence electrons. The van der Waals surface area contributed by atoms with Crippen molar-refractivity contribution < 1.29 is 4.42 Å². The van der Waals surface area contributed by atoms with Crippen molar-refractivity contribution in [3.63, 3.8) is 0 Å². The summed E-state index contributed by atoms with van der Waals surface area (Å²) < 4.78 is 6.96. The standard InChI is InChI=1S/C15H18BrNO/c1-10(2)17-9-13-5-7-15(18-13)12-4-6-14(16)11(3)8-12/h4-8,10,17H,9H2,1-3H3. The Morgan fingerprint density at radius 1 is 1.22 bits per heavy atom. The zero-order valence-corrected chi connectivity index (χ0v) is 12.5. The molecule has 3 heteroatoms. The Morgan fingerprint density at radius 3 is 2.67 bits per heavy atom. The van der Waals surface area contributed by atoms with Crippen molar-refractivity contribution in [3.8, 4) is 11.3 Å². The van der Waals surface area contributed by atoms with Crippen molar-refractivity contribution in [2.75, 3.05) is 0 Å². The zero-order chi connectivity index (χ0) is 13.1. The summed E-state index contributed by atoms with van der Waals surface area (Å²) >= 11 is 3.51. The van der Waals surface area contributed by atoms with Crippen LogP contribution in [0.3, 0.4) is 0 Å². The Morgan fingerprint density at radius 2 is 2.00 bits per heavy atom. The van der Waals surface area contributed by atoms with Gasteiger partial charge in [-0.1, -0.05) is 35.8 Å². The van der Waals surface area contributed by atoms with Crippen molar-refractivity contribution in [3.05, 3.63) is 46.1 Å². The fourth-order valence-electron chi connectivity index (χ4n) is 1.73. The van der Waals surface area contributed by atoms with Crippen LogP contribution in [0.5, 0.6) is 0 Å². The Balaban J connectivity index is 2.16. The number of hydrogen-bond donors (Lipinski definition) is 1. The highest BCUT2D eigenvalue weighted by molar-refractivity contribution is 9.10. The Kier molecular flexibility index (Phi) is 4.25. The van der Waals surface area contributed by atoms with E-state index in [0.717, 1.165) is 28.1 Å². The molecule has 1 heterocycles. The Hall–Kier alpha value is -1.06. The average molecular weight is 308 g/mol. The maximum Gasteiger partial charge on any atom is 0.134 e. The lowest BCUT2D eigenvalue weighted by Crippen LogP contribution is -2.21. The molecule has 0 aliphatic heterocycles. The number of furan rings is 1. The summed E-state index contributed by atoms with van der Waals surface area (Å²) in [6.07, 6.45) is 0. The van der Waals surface area contributed by atoms with Gasteiger partial charge in [0.1, 0.15) is 11.5 Å². The van der Waals surface area contributed by atoms with Crippen molar-refractivity contribution in [1.29, 1.82) is 0 Å². The minimum Gasteiger partial charge on any atom is -0.460 e. The molecule has 1 N–H and O–H groups in total. The van der Waals surface area contributed by atoms with Crippen molar-refractivity contribution in [2.45, 2.75) is 33.4 Å². The van der Waals surface area contributed by atoms with Gasteiger partial charge in [0.25, 0.3) is 0 Å². The van der Waals surface area contributed by atoms with Crippen LogP contribution in [0.4, 0.5) is 0 Å². The lowest BCUT2D eigenvalue weighted by Gasteiger charge is -2.05. The molecule has 1 aromatic carbocycles. The number of benzene rings is 1. The molecular formula is C15H18BrNO. The predicted octanol–water partition coefficient (Wildman–Crippen LogP) is 4.52. The molecule has 1 aromatic heterocycles. The van der Waals surface area contributed by atoms with Gasteiger partial charge in [-0.2, -0.15) is 0 Å². The zero-order valence-electron chi connectivity index (χ0n) is 11.0. The third-order valence-corrected chi connectivity index (χ3v) is 3.68. The summed E-state index contributed by atoms with van der Waals surface area (Å²) in [4.78, 5) is 0. The summed E-state index contributed by atoms with van der Waals surface area (Å²) in [7, 11) is 0. The highest BCUT2D eigenvalue weighted by atomic mass is 79.9. The molecule has 2 nitrogen and oxygen atoms in total. The van der Waals surface area contributed by atoms with Crippen LogP contribution < -0.4 is 5.32 Å². The van der Waals surface area contributed by atoms with E-state index in [1.807, 2.05) is 12.1 Å². The first-order valence-electron chi connectivity index (χ1n) is 6.15. The molecule has 0 radical (unpaired) electrons. The quantitative estimate of drug-likeness (QED) is 0.898. The van der Waals surface area contributed by atoms with Gasteiger partial charge in [0, 0.05) is 16.1 Å². The van der Waals surface area contributed by atoms with E-state index in [0.29, 0.717) is 6.04 Å².